The second kappa shape index (κ2) is 7.92. The zero-order valence-electron chi connectivity index (χ0n) is 14.5. The molecule has 0 amide bonds. The molecule has 3 rings (SSSR count). The summed E-state index contributed by atoms with van der Waals surface area (Å²) in [5, 5.41) is 10.5. The van der Waals surface area contributed by atoms with Gasteiger partial charge in [0.25, 0.3) is 0 Å². The molecule has 2 aromatic carbocycles. The zero-order chi connectivity index (χ0) is 19.5. The van der Waals surface area contributed by atoms with Crippen LogP contribution in [0.4, 0.5) is 13.2 Å². The van der Waals surface area contributed by atoms with Gasteiger partial charge in [-0.05, 0) is 29.7 Å². The van der Waals surface area contributed by atoms with Crippen LogP contribution in [0.5, 0.6) is 5.75 Å². The lowest BCUT2D eigenvalue weighted by atomic mass is 9.89. The number of benzene rings is 2. The van der Waals surface area contributed by atoms with Crippen LogP contribution < -0.4 is 4.74 Å². The van der Waals surface area contributed by atoms with Crippen LogP contribution >= 0.6 is 0 Å². The fourth-order valence-corrected chi connectivity index (χ4v) is 3.03. The average molecular weight is 377 g/mol. The second-order valence-electron chi connectivity index (χ2n) is 6.49. The van der Waals surface area contributed by atoms with E-state index in [4.69, 9.17) is 12.6 Å². The van der Waals surface area contributed by atoms with Crippen LogP contribution in [0.1, 0.15) is 23.7 Å². The van der Waals surface area contributed by atoms with Crippen molar-refractivity contribution in [2.45, 2.75) is 31.1 Å². The number of halogens is 3. The molecule has 2 atom stereocenters. The maximum Gasteiger partial charge on any atom is 0.573 e. The molecule has 142 valence electrons. The molecule has 0 aliphatic carbocycles. The maximum absolute atomic E-state index is 12.3. The van der Waals surface area contributed by atoms with Gasteiger partial charge in [0, 0.05) is 13.1 Å². The molecule has 2 aromatic rings. The van der Waals surface area contributed by atoms with E-state index in [9.17, 15) is 18.3 Å². The molecular formula is C19H19BF3NO3. The van der Waals surface area contributed by atoms with Gasteiger partial charge in [0.15, 0.2) is 0 Å². The largest absolute Gasteiger partial charge is 0.573 e. The zero-order valence-corrected chi connectivity index (χ0v) is 14.5. The van der Waals surface area contributed by atoms with E-state index in [2.05, 4.69) is 4.74 Å². The SMILES string of the molecule is [B]C1(O)COC(c2ccc(OC(F)(F)F)cc2)CCN1Cc1ccccc1. The Morgan fingerprint density at radius 3 is 2.44 bits per heavy atom. The van der Waals surface area contributed by atoms with E-state index in [1.54, 1.807) is 4.90 Å². The van der Waals surface area contributed by atoms with Gasteiger partial charge in [0.05, 0.1) is 18.3 Å². The lowest BCUT2D eigenvalue weighted by Gasteiger charge is -2.35. The number of hydrogen-bond donors (Lipinski definition) is 1. The van der Waals surface area contributed by atoms with E-state index in [1.807, 2.05) is 30.3 Å². The number of rotatable bonds is 4. The third kappa shape index (κ3) is 5.48. The van der Waals surface area contributed by atoms with E-state index in [0.717, 1.165) is 5.56 Å². The highest BCUT2D eigenvalue weighted by Gasteiger charge is 2.34. The molecular weight excluding hydrogens is 358 g/mol. The molecule has 1 heterocycles. The highest BCUT2D eigenvalue weighted by atomic mass is 19.4. The van der Waals surface area contributed by atoms with Crippen LogP contribution in [0.2, 0.25) is 0 Å². The first-order valence-corrected chi connectivity index (χ1v) is 8.50. The predicted molar refractivity (Wildman–Crippen MR) is 94.0 cm³/mol. The van der Waals surface area contributed by atoms with Crippen molar-refractivity contribution in [3.63, 3.8) is 0 Å². The van der Waals surface area contributed by atoms with Gasteiger partial charge in [-0.3, -0.25) is 4.90 Å². The number of nitrogens with zero attached hydrogens (tertiary/aromatic N) is 1. The van der Waals surface area contributed by atoms with E-state index < -0.39 is 12.0 Å². The Morgan fingerprint density at radius 2 is 1.81 bits per heavy atom. The lowest BCUT2D eigenvalue weighted by Crippen LogP contribution is -2.51. The molecule has 1 aliphatic rings. The molecule has 2 unspecified atom stereocenters. The van der Waals surface area contributed by atoms with Gasteiger partial charge in [-0.15, -0.1) is 13.2 Å². The molecule has 2 radical (unpaired) electrons. The Balaban J connectivity index is 1.67. The first kappa shape index (κ1) is 19.7. The first-order chi connectivity index (χ1) is 12.7. The summed E-state index contributed by atoms with van der Waals surface area (Å²) < 4.78 is 46.4. The van der Waals surface area contributed by atoms with Crippen molar-refractivity contribution >= 4 is 7.85 Å². The molecule has 0 bridgehead atoms. The predicted octanol–water partition coefficient (Wildman–Crippen LogP) is 3.36. The molecule has 0 aromatic heterocycles. The van der Waals surface area contributed by atoms with Gasteiger partial charge >= 0.3 is 6.36 Å². The fourth-order valence-electron chi connectivity index (χ4n) is 3.03. The molecule has 0 saturated carbocycles. The number of aliphatic hydroxyl groups is 1. The molecule has 1 aliphatic heterocycles. The van der Waals surface area contributed by atoms with Crippen LogP contribution in [-0.2, 0) is 11.3 Å². The quantitative estimate of drug-likeness (QED) is 0.830. The summed E-state index contributed by atoms with van der Waals surface area (Å²) in [6.07, 6.45) is -4.58. The van der Waals surface area contributed by atoms with Gasteiger partial charge < -0.3 is 14.6 Å². The number of ether oxygens (including phenoxy) is 2. The first-order valence-electron chi connectivity index (χ1n) is 8.50. The van der Waals surface area contributed by atoms with Gasteiger partial charge in [-0.1, -0.05) is 42.5 Å². The van der Waals surface area contributed by atoms with E-state index in [1.165, 1.54) is 24.3 Å². The molecule has 1 fully saturated rings. The Labute approximate surface area is 156 Å². The van der Waals surface area contributed by atoms with Crippen molar-refractivity contribution in [1.82, 2.24) is 4.90 Å². The summed E-state index contributed by atoms with van der Waals surface area (Å²) in [6.45, 7) is 0.806. The number of alkyl halides is 3. The summed E-state index contributed by atoms with van der Waals surface area (Å²) >= 11 is 0. The van der Waals surface area contributed by atoms with E-state index in [0.29, 0.717) is 25.1 Å². The van der Waals surface area contributed by atoms with Gasteiger partial charge in [-0.25, -0.2) is 0 Å². The lowest BCUT2D eigenvalue weighted by molar-refractivity contribution is -0.274. The Kier molecular flexibility index (Phi) is 5.79. The minimum atomic E-state index is -4.73. The minimum absolute atomic E-state index is 0.120. The van der Waals surface area contributed by atoms with Crippen LogP contribution in [0.25, 0.3) is 0 Å². The molecule has 8 heteroatoms. The van der Waals surface area contributed by atoms with Crippen LogP contribution in [0.3, 0.4) is 0 Å². The van der Waals surface area contributed by atoms with Gasteiger partial charge in [0.1, 0.15) is 13.6 Å². The Bertz CT molecular complexity index is 738. The molecule has 27 heavy (non-hydrogen) atoms. The topological polar surface area (TPSA) is 41.9 Å². The highest BCUT2D eigenvalue weighted by molar-refractivity contribution is 6.14. The third-order valence-electron chi connectivity index (χ3n) is 4.41. The van der Waals surface area contributed by atoms with Crippen molar-refractivity contribution in [2.75, 3.05) is 13.2 Å². The van der Waals surface area contributed by atoms with E-state index >= 15 is 0 Å². The summed E-state index contributed by atoms with van der Waals surface area (Å²) in [4.78, 5) is 1.73. The fraction of sp³-hybridized carbons (Fsp3) is 0.368. The van der Waals surface area contributed by atoms with Gasteiger partial charge in [0.2, 0.25) is 0 Å². The third-order valence-corrected chi connectivity index (χ3v) is 4.41. The van der Waals surface area contributed by atoms with Crippen LogP contribution in [0, 0.1) is 0 Å². The summed E-state index contributed by atoms with van der Waals surface area (Å²) in [6, 6.07) is 15.1. The Hall–Kier alpha value is -2.03. The summed E-state index contributed by atoms with van der Waals surface area (Å²) in [5.41, 5.74) is 0.0690. The van der Waals surface area contributed by atoms with Crippen molar-refractivity contribution in [3.05, 3.63) is 65.7 Å². The monoisotopic (exact) mass is 377 g/mol. The van der Waals surface area contributed by atoms with Crippen LogP contribution in [0.15, 0.2) is 54.6 Å². The Morgan fingerprint density at radius 1 is 1.15 bits per heavy atom. The number of hydrogen-bond acceptors (Lipinski definition) is 4. The van der Waals surface area contributed by atoms with Gasteiger partial charge in [-0.2, -0.15) is 0 Å². The van der Waals surface area contributed by atoms with Crippen molar-refractivity contribution in [1.29, 1.82) is 0 Å². The highest BCUT2D eigenvalue weighted by Crippen LogP contribution is 2.31. The molecule has 1 saturated heterocycles. The average Bonchev–Trinajstić information content (AvgIpc) is 2.75. The van der Waals surface area contributed by atoms with E-state index in [-0.39, 0.29) is 18.5 Å². The molecule has 0 spiro atoms. The normalized spacial score (nSPS) is 24.4. The van der Waals surface area contributed by atoms with Crippen molar-refractivity contribution < 1.29 is 27.8 Å². The second-order valence-corrected chi connectivity index (χ2v) is 6.49. The maximum atomic E-state index is 12.3. The van der Waals surface area contributed by atoms with Crippen molar-refractivity contribution in [3.8, 4) is 5.75 Å². The smallest absolute Gasteiger partial charge is 0.406 e. The molecule has 4 nitrogen and oxygen atoms in total. The van der Waals surface area contributed by atoms with Crippen LogP contribution in [-0.4, -0.2) is 43.0 Å². The molecule has 1 N–H and O–H groups in total. The van der Waals surface area contributed by atoms with Crippen molar-refractivity contribution in [2.24, 2.45) is 0 Å². The standard InChI is InChI=1S/C19H19BF3NO3/c20-18(25)13-26-17(10-11-24(18)12-14-4-2-1-3-5-14)15-6-8-16(9-7-15)27-19(21,22)23/h1-9,17,25H,10-13H2. The minimum Gasteiger partial charge on any atom is -0.406 e. The summed E-state index contributed by atoms with van der Waals surface area (Å²) in [5.74, 6) is -0.291. The summed E-state index contributed by atoms with van der Waals surface area (Å²) in [7, 11) is 6.02.